The van der Waals surface area contributed by atoms with Crippen molar-refractivity contribution in [1.82, 2.24) is 9.47 Å². The number of halogens is 1. The van der Waals surface area contributed by atoms with Crippen LogP contribution in [0.25, 0.3) is 10.9 Å². The molecular weight excluding hydrogens is 260 g/mol. The SMILES string of the molecule is CCN(CC)C(=O)C(C)n1ccc2cccc(Cl)c21. The first kappa shape index (κ1) is 13.9. The van der Waals surface area contributed by atoms with Crippen LogP contribution in [0.3, 0.4) is 0 Å². The summed E-state index contributed by atoms with van der Waals surface area (Å²) in [6.07, 6.45) is 1.93. The van der Waals surface area contributed by atoms with Gasteiger partial charge in [0.1, 0.15) is 6.04 Å². The summed E-state index contributed by atoms with van der Waals surface area (Å²) < 4.78 is 1.96. The van der Waals surface area contributed by atoms with E-state index in [0.717, 1.165) is 24.0 Å². The Labute approximate surface area is 118 Å². The maximum Gasteiger partial charge on any atom is 0.245 e. The van der Waals surface area contributed by atoms with Crippen molar-refractivity contribution in [3.63, 3.8) is 0 Å². The largest absolute Gasteiger partial charge is 0.341 e. The molecule has 4 heteroatoms. The molecule has 0 aliphatic heterocycles. The molecule has 2 aromatic rings. The Morgan fingerprint density at radius 1 is 1.32 bits per heavy atom. The van der Waals surface area contributed by atoms with Crippen LogP contribution in [0.5, 0.6) is 0 Å². The van der Waals surface area contributed by atoms with Gasteiger partial charge in [0.15, 0.2) is 0 Å². The summed E-state index contributed by atoms with van der Waals surface area (Å²) in [5.74, 6) is 0.127. The Morgan fingerprint density at radius 2 is 2.00 bits per heavy atom. The van der Waals surface area contributed by atoms with Crippen LogP contribution in [-0.2, 0) is 4.79 Å². The molecule has 1 heterocycles. The topological polar surface area (TPSA) is 25.2 Å². The number of benzene rings is 1. The maximum absolute atomic E-state index is 12.4. The molecule has 0 radical (unpaired) electrons. The van der Waals surface area contributed by atoms with Gasteiger partial charge in [-0.05, 0) is 32.9 Å². The molecule has 0 spiro atoms. The number of aromatic nitrogens is 1. The van der Waals surface area contributed by atoms with Crippen molar-refractivity contribution in [3.05, 3.63) is 35.5 Å². The highest BCUT2D eigenvalue weighted by Crippen LogP contribution is 2.27. The van der Waals surface area contributed by atoms with Crippen molar-refractivity contribution < 1.29 is 4.79 Å². The molecule has 102 valence electrons. The van der Waals surface area contributed by atoms with E-state index in [0.29, 0.717) is 5.02 Å². The van der Waals surface area contributed by atoms with Gasteiger partial charge in [0, 0.05) is 24.7 Å². The lowest BCUT2D eigenvalue weighted by atomic mass is 10.2. The highest BCUT2D eigenvalue weighted by atomic mass is 35.5. The standard InChI is InChI=1S/C15H19ClN2O/c1-4-17(5-2)15(19)11(3)18-10-9-12-7-6-8-13(16)14(12)18/h6-11H,4-5H2,1-3H3. The van der Waals surface area contributed by atoms with E-state index in [1.54, 1.807) is 0 Å². The number of fused-ring (bicyclic) bond motifs is 1. The second-order valence-corrected chi connectivity index (χ2v) is 4.99. The van der Waals surface area contributed by atoms with Crippen LogP contribution < -0.4 is 0 Å². The van der Waals surface area contributed by atoms with Crippen LogP contribution in [0, 0.1) is 0 Å². The van der Waals surface area contributed by atoms with Crippen LogP contribution >= 0.6 is 11.6 Å². The summed E-state index contributed by atoms with van der Waals surface area (Å²) in [4.78, 5) is 14.3. The number of amides is 1. The lowest BCUT2D eigenvalue weighted by Crippen LogP contribution is -2.35. The number of carbonyl (C=O) groups is 1. The molecule has 1 aromatic heterocycles. The summed E-state index contributed by atoms with van der Waals surface area (Å²) in [6, 6.07) is 7.54. The van der Waals surface area contributed by atoms with E-state index in [1.165, 1.54) is 0 Å². The molecule has 1 unspecified atom stereocenters. The number of carbonyl (C=O) groups excluding carboxylic acids is 1. The quantitative estimate of drug-likeness (QED) is 0.837. The van der Waals surface area contributed by atoms with Crippen molar-refractivity contribution >= 4 is 28.4 Å². The minimum atomic E-state index is -0.239. The predicted octanol–water partition coefficient (Wildman–Crippen LogP) is 3.72. The summed E-state index contributed by atoms with van der Waals surface area (Å²) in [7, 11) is 0. The second kappa shape index (κ2) is 5.66. The average Bonchev–Trinajstić information content (AvgIpc) is 2.84. The molecule has 19 heavy (non-hydrogen) atoms. The number of hydrogen-bond acceptors (Lipinski definition) is 1. The molecule has 0 bridgehead atoms. The van der Waals surface area contributed by atoms with Crippen molar-refractivity contribution in [3.8, 4) is 0 Å². The molecular formula is C15H19ClN2O. The van der Waals surface area contributed by atoms with E-state index >= 15 is 0 Å². The molecule has 3 nitrogen and oxygen atoms in total. The van der Waals surface area contributed by atoms with Crippen molar-refractivity contribution in [2.75, 3.05) is 13.1 Å². The fourth-order valence-electron chi connectivity index (χ4n) is 2.42. The van der Waals surface area contributed by atoms with E-state index < -0.39 is 0 Å². The molecule has 0 saturated carbocycles. The summed E-state index contributed by atoms with van der Waals surface area (Å²) in [5, 5.41) is 1.74. The first-order valence-electron chi connectivity index (χ1n) is 6.64. The number of nitrogens with zero attached hydrogens (tertiary/aromatic N) is 2. The molecule has 1 amide bonds. The van der Waals surface area contributed by atoms with Crippen LogP contribution in [0.2, 0.25) is 5.02 Å². The molecule has 0 fully saturated rings. The fraction of sp³-hybridized carbons (Fsp3) is 0.400. The van der Waals surface area contributed by atoms with E-state index in [4.69, 9.17) is 11.6 Å². The van der Waals surface area contributed by atoms with Gasteiger partial charge in [-0.15, -0.1) is 0 Å². The van der Waals surface area contributed by atoms with Crippen molar-refractivity contribution in [1.29, 1.82) is 0 Å². The van der Waals surface area contributed by atoms with Crippen molar-refractivity contribution in [2.45, 2.75) is 26.8 Å². The Kier molecular flexibility index (Phi) is 4.15. The molecule has 0 saturated heterocycles. The molecule has 0 aliphatic carbocycles. The van der Waals surface area contributed by atoms with Gasteiger partial charge >= 0.3 is 0 Å². The normalized spacial score (nSPS) is 12.6. The number of hydrogen-bond donors (Lipinski definition) is 0. The molecule has 2 rings (SSSR count). The minimum absolute atomic E-state index is 0.127. The monoisotopic (exact) mass is 278 g/mol. The van der Waals surface area contributed by atoms with E-state index in [2.05, 4.69) is 0 Å². The minimum Gasteiger partial charge on any atom is -0.341 e. The predicted molar refractivity (Wildman–Crippen MR) is 79.6 cm³/mol. The summed E-state index contributed by atoms with van der Waals surface area (Å²) in [6.45, 7) is 7.37. The molecule has 0 N–H and O–H groups in total. The van der Waals surface area contributed by atoms with Gasteiger partial charge in [-0.1, -0.05) is 23.7 Å². The van der Waals surface area contributed by atoms with Crippen LogP contribution in [0.1, 0.15) is 26.8 Å². The fourth-order valence-corrected chi connectivity index (χ4v) is 2.69. The summed E-state index contributed by atoms with van der Waals surface area (Å²) in [5.41, 5.74) is 0.928. The van der Waals surface area contributed by atoms with E-state index in [9.17, 15) is 4.79 Å². The van der Waals surface area contributed by atoms with Gasteiger partial charge in [0.05, 0.1) is 10.5 Å². The first-order chi connectivity index (χ1) is 9.10. The third-order valence-electron chi connectivity index (χ3n) is 3.54. The van der Waals surface area contributed by atoms with Gasteiger partial charge < -0.3 is 9.47 Å². The second-order valence-electron chi connectivity index (χ2n) is 4.59. The Hall–Kier alpha value is -1.48. The molecule has 1 atom stereocenters. The average molecular weight is 279 g/mol. The van der Waals surface area contributed by atoms with E-state index in [-0.39, 0.29) is 11.9 Å². The third kappa shape index (κ3) is 2.47. The smallest absolute Gasteiger partial charge is 0.245 e. The van der Waals surface area contributed by atoms with Gasteiger partial charge in [0.2, 0.25) is 5.91 Å². The molecule has 0 aliphatic rings. The Balaban J connectivity index is 2.42. The molecule has 1 aromatic carbocycles. The van der Waals surface area contributed by atoms with Crippen molar-refractivity contribution in [2.24, 2.45) is 0 Å². The summed E-state index contributed by atoms with van der Waals surface area (Å²) >= 11 is 6.25. The Morgan fingerprint density at radius 3 is 2.63 bits per heavy atom. The van der Waals surface area contributed by atoms with Gasteiger partial charge in [0.25, 0.3) is 0 Å². The zero-order valence-electron chi connectivity index (χ0n) is 11.6. The van der Waals surface area contributed by atoms with E-state index in [1.807, 2.05) is 60.7 Å². The third-order valence-corrected chi connectivity index (χ3v) is 3.85. The van der Waals surface area contributed by atoms with Gasteiger partial charge in [-0.2, -0.15) is 0 Å². The van der Waals surface area contributed by atoms with Crippen LogP contribution in [0.4, 0.5) is 0 Å². The van der Waals surface area contributed by atoms with Crippen LogP contribution in [-0.4, -0.2) is 28.5 Å². The van der Waals surface area contributed by atoms with Gasteiger partial charge in [-0.3, -0.25) is 4.79 Å². The zero-order valence-corrected chi connectivity index (χ0v) is 12.3. The Bertz CT molecular complexity index is 587. The maximum atomic E-state index is 12.4. The number of likely N-dealkylation sites (N-methyl/N-ethyl adjacent to an activating group) is 1. The lowest BCUT2D eigenvalue weighted by molar-refractivity contribution is -0.133. The van der Waals surface area contributed by atoms with Gasteiger partial charge in [-0.25, -0.2) is 0 Å². The number of rotatable bonds is 4. The highest BCUT2D eigenvalue weighted by Gasteiger charge is 2.21. The highest BCUT2D eigenvalue weighted by molar-refractivity contribution is 6.35. The van der Waals surface area contributed by atoms with Crippen LogP contribution in [0.15, 0.2) is 30.5 Å². The zero-order chi connectivity index (χ0) is 14.0. The lowest BCUT2D eigenvalue weighted by Gasteiger charge is -2.24. The first-order valence-corrected chi connectivity index (χ1v) is 7.01. The number of para-hydroxylation sites is 1.